The molecule has 0 aliphatic carbocycles. The van der Waals surface area contributed by atoms with E-state index >= 15 is 0 Å². The van der Waals surface area contributed by atoms with Crippen molar-refractivity contribution in [3.8, 4) is 5.75 Å². The Kier molecular flexibility index (Phi) is 6.73. The zero-order chi connectivity index (χ0) is 19.1. The van der Waals surface area contributed by atoms with Crippen LogP contribution < -0.4 is 10.1 Å². The smallest absolute Gasteiger partial charge is 0.234 e. The van der Waals surface area contributed by atoms with Crippen molar-refractivity contribution in [1.29, 1.82) is 0 Å². The molecule has 0 bridgehead atoms. The summed E-state index contributed by atoms with van der Waals surface area (Å²) in [5.74, 6) is 1.62. The number of nitrogens with one attached hydrogen (secondary N) is 1. The Morgan fingerprint density at radius 1 is 1.15 bits per heavy atom. The topological polar surface area (TPSA) is 69.0 Å². The zero-order valence-electron chi connectivity index (χ0n) is 14.8. The van der Waals surface area contributed by atoms with Crippen molar-refractivity contribution in [2.45, 2.75) is 25.2 Å². The van der Waals surface area contributed by atoms with Crippen LogP contribution in [0.25, 0.3) is 0 Å². The molecule has 0 aliphatic heterocycles. The Morgan fingerprint density at radius 2 is 1.89 bits per heavy atom. The largest absolute Gasteiger partial charge is 0.486 e. The van der Waals surface area contributed by atoms with Crippen LogP contribution in [0.2, 0.25) is 5.02 Å². The van der Waals surface area contributed by atoms with Crippen LogP contribution in [0.3, 0.4) is 0 Å². The molecule has 0 atom stereocenters. The van der Waals surface area contributed by atoms with Gasteiger partial charge in [-0.05, 0) is 43.3 Å². The molecule has 0 saturated heterocycles. The van der Waals surface area contributed by atoms with Gasteiger partial charge in [-0.3, -0.25) is 4.79 Å². The van der Waals surface area contributed by atoms with Crippen LogP contribution in [0.5, 0.6) is 5.75 Å². The molecule has 0 spiro atoms. The van der Waals surface area contributed by atoms with Crippen molar-refractivity contribution in [2.75, 3.05) is 11.1 Å². The van der Waals surface area contributed by atoms with E-state index in [2.05, 4.69) is 15.5 Å². The minimum atomic E-state index is -0.116. The van der Waals surface area contributed by atoms with E-state index in [1.54, 1.807) is 24.3 Å². The number of carbonyl (C=O) groups is 1. The summed E-state index contributed by atoms with van der Waals surface area (Å²) < 4.78 is 7.69. The van der Waals surface area contributed by atoms with Crippen molar-refractivity contribution in [1.82, 2.24) is 14.8 Å². The summed E-state index contributed by atoms with van der Waals surface area (Å²) in [7, 11) is 0. The van der Waals surface area contributed by atoms with Gasteiger partial charge in [0.2, 0.25) is 5.91 Å². The summed E-state index contributed by atoms with van der Waals surface area (Å²) in [4.78, 5) is 12.1. The highest BCUT2D eigenvalue weighted by molar-refractivity contribution is 7.99. The maximum Gasteiger partial charge on any atom is 0.234 e. The predicted octanol–water partition coefficient (Wildman–Crippen LogP) is 4.26. The lowest BCUT2D eigenvalue weighted by molar-refractivity contribution is -0.113. The maximum atomic E-state index is 12.1. The highest BCUT2D eigenvalue weighted by Gasteiger charge is 2.14. The second kappa shape index (κ2) is 9.43. The van der Waals surface area contributed by atoms with Crippen LogP contribution in [0, 0.1) is 0 Å². The average Bonchev–Trinajstić information content (AvgIpc) is 3.09. The molecule has 0 unspecified atom stereocenters. The lowest BCUT2D eigenvalue weighted by Gasteiger charge is -2.09. The summed E-state index contributed by atoms with van der Waals surface area (Å²) in [6.45, 7) is 3.03. The Morgan fingerprint density at radius 3 is 2.59 bits per heavy atom. The maximum absolute atomic E-state index is 12.1. The molecular weight excluding hydrogens is 384 g/mol. The number of hydrogen-bond donors (Lipinski definition) is 1. The number of aromatic nitrogens is 3. The summed E-state index contributed by atoms with van der Waals surface area (Å²) in [6, 6.07) is 16.5. The second-order valence-corrected chi connectivity index (χ2v) is 6.97. The number of rotatable bonds is 8. The van der Waals surface area contributed by atoms with Crippen molar-refractivity contribution in [3.05, 3.63) is 65.4 Å². The molecule has 3 rings (SSSR count). The third kappa shape index (κ3) is 5.48. The van der Waals surface area contributed by atoms with E-state index in [9.17, 15) is 4.79 Å². The Labute approximate surface area is 166 Å². The first-order valence-corrected chi connectivity index (χ1v) is 9.80. The van der Waals surface area contributed by atoms with Gasteiger partial charge in [0.1, 0.15) is 12.4 Å². The quantitative estimate of drug-likeness (QED) is 0.570. The van der Waals surface area contributed by atoms with Crippen LogP contribution in [0.4, 0.5) is 5.69 Å². The van der Waals surface area contributed by atoms with Gasteiger partial charge in [-0.25, -0.2) is 0 Å². The predicted molar refractivity (Wildman–Crippen MR) is 107 cm³/mol. The van der Waals surface area contributed by atoms with E-state index < -0.39 is 0 Å². The van der Waals surface area contributed by atoms with Gasteiger partial charge in [0.25, 0.3) is 0 Å². The van der Waals surface area contributed by atoms with Gasteiger partial charge >= 0.3 is 0 Å². The number of nitrogens with zero attached hydrogens (tertiary/aromatic N) is 3. The van der Waals surface area contributed by atoms with E-state index in [1.807, 2.05) is 41.8 Å². The van der Waals surface area contributed by atoms with Crippen LogP contribution in [-0.2, 0) is 17.9 Å². The fourth-order valence-electron chi connectivity index (χ4n) is 2.38. The first kappa shape index (κ1) is 19.3. The summed E-state index contributed by atoms with van der Waals surface area (Å²) >= 11 is 7.19. The van der Waals surface area contributed by atoms with Crippen LogP contribution in [0.15, 0.2) is 59.8 Å². The SMILES string of the molecule is CCn1c(COc2ccccc2)nnc1SCC(=O)Nc1ccc(Cl)cc1. The van der Waals surface area contributed by atoms with Gasteiger partial charge < -0.3 is 14.6 Å². The van der Waals surface area contributed by atoms with E-state index in [0.29, 0.717) is 29.0 Å². The first-order valence-electron chi connectivity index (χ1n) is 8.44. The number of benzene rings is 2. The number of thioether (sulfide) groups is 1. The molecule has 0 fully saturated rings. The second-order valence-electron chi connectivity index (χ2n) is 5.59. The first-order chi connectivity index (χ1) is 13.2. The van der Waals surface area contributed by atoms with Crippen molar-refractivity contribution in [2.24, 2.45) is 0 Å². The van der Waals surface area contributed by atoms with Gasteiger partial charge in [0, 0.05) is 17.3 Å². The number of halogens is 1. The van der Waals surface area contributed by atoms with Crippen molar-refractivity contribution < 1.29 is 9.53 Å². The molecule has 140 valence electrons. The molecule has 1 aromatic heterocycles. The normalized spacial score (nSPS) is 10.6. The fraction of sp³-hybridized carbons (Fsp3) is 0.211. The number of ether oxygens (including phenoxy) is 1. The summed E-state index contributed by atoms with van der Waals surface area (Å²) in [5, 5.41) is 12.5. The monoisotopic (exact) mass is 402 g/mol. The molecule has 1 heterocycles. The molecule has 1 N–H and O–H groups in total. The number of amides is 1. The molecule has 0 radical (unpaired) electrons. The lowest BCUT2D eigenvalue weighted by Crippen LogP contribution is -2.14. The highest BCUT2D eigenvalue weighted by Crippen LogP contribution is 2.19. The highest BCUT2D eigenvalue weighted by atomic mass is 35.5. The Balaban J connectivity index is 1.56. The molecular formula is C19H19ClN4O2S. The van der Waals surface area contributed by atoms with E-state index in [-0.39, 0.29) is 11.7 Å². The third-order valence-corrected chi connectivity index (χ3v) is 4.90. The van der Waals surface area contributed by atoms with E-state index in [0.717, 1.165) is 11.6 Å². The average molecular weight is 403 g/mol. The molecule has 27 heavy (non-hydrogen) atoms. The minimum Gasteiger partial charge on any atom is -0.486 e. The molecule has 8 heteroatoms. The molecule has 0 saturated carbocycles. The van der Waals surface area contributed by atoms with Crippen molar-refractivity contribution in [3.63, 3.8) is 0 Å². The molecule has 2 aromatic carbocycles. The minimum absolute atomic E-state index is 0.116. The third-order valence-electron chi connectivity index (χ3n) is 3.68. The van der Waals surface area contributed by atoms with Crippen LogP contribution in [0.1, 0.15) is 12.7 Å². The number of anilines is 1. The fourth-order valence-corrected chi connectivity index (χ4v) is 3.32. The number of para-hydroxylation sites is 1. The number of hydrogen-bond acceptors (Lipinski definition) is 5. The van der Waals surface area contributed by atoms with Gasteiger partial charge in [-0.15, -0.1) is 10.2 Å². The van der Waals surface area contributed by atoms with Crippen molar-refractivity contribution >= 4 is 35.0 Å². The molecule has 0 aliphatic rings. The molecule has 6 nitrogen and oxygen atoms in total. The Bertz CT molecular complexity index is 884. The lowest BCUT2D eigenvalue weighted by atomic mass is 10.3. The van der Waals surface area contributed by atoms with Gasteiger partial charge in [-0.1, -0.05) is 41.6 Å². The van der Waals surface area contributed by atoms with Crippen LogP contribution in [-0.4, -0.2) is 26.4 Å². The Hall–Kier alpha value is -2.51. The van der Waals surface area contributed by atoms with E-state index in [4.69, 9.17) is 16.3 Å². The van der Waals surface area contributed by atoms with Gasteiger partial charge in [0.05, 0.1) is 5.75 Å². The summed E-state index contributed by atoms with van der Waals surface area (Å²) in [6.07, 6.45) is 0. The van der Waals surface area contributed by atoms with E-state index in [1.165, 1.54) is 11.8 Å². The van der Waals surface area contributed by atoms with Crippen LogP contribution >= 0.6 is 23.4 Å². The number of carbonyl (C=O) groups excluding carboxylic acids is 1. The summed E-state index contributed by atoms with van der Waals surface area (Å²) in [5.41, 5.74) is 0.707. The standard InChI is InChI=1S/C19H19ClN4O2S/c1-2-24-17(12-26-16-6-4-3-5-7-16)22-23-19(24)27-13-18(25)21-15-10-8-14(20)9-11-15/h3-11H,2,12-13H2,1H3,(H,21,25). The molecule has 1 amide bonds. The zero-order valence-corrected chi connectivity index (χ0v) is 16.3. The van der Waals surface area contributed by atoms with Gasteiger partial charge in [0.15, 0.2) is 11.0 Å². The van der Waals surface area contributed by atoms with Gasteiger partial charge in [-0.2, -0.15) is 0 Å². The molecule has 3 aromatic rings.